The number of rotatable bonds is 3. The summed E-state index contributed by atoms with van der Waals surface area (Å²) in [5, 5.41) is 9.30. The summed E-state index contributed by atoms with van der Waals surface area (Å²) in [7, 11) is 0. The van der Waals surface area contributed by atoms with E-state index in [1.807, 2.05) is 55.5 Å². The molecular formula is C18H14ClN5. The second-order valence-electron chi connectivity index (χ2n) is 5.44. The molecule has 0 aliphatic carbocycles. The van der Waals surface area contributed by atoms with Gasteiger partial charge in [-0.1, -0.05) is 35.9 Å². The number of aromatic nitrogens is 4. The van der Waals surface area contributed by atoms with Crippen LogP contribution in [-0.2, 0) is 0 Å². The molecule has 0 radical (unpaired) electrons. The molecule has 2 aromatic carbocycles. The number of fused-ring (bicyclic) bond motifs is 1. The quantitative estimate of drug-likeness (QED) is 0.598. The van der Waals surface area contributed by atoms with Crippen molar-refractivity contribution in [2.75, 3.05) is 5.32 Å². The van der Waals surface area contributed by atoms with Crippen LogP contribution in [0, 0.1) is 6.92 Å². The van der Waals surface area contributed by atoms with Crippen LogP contribution in [-0.4, -0.2) is 19.7 Å². The lowest BCUT2D eigenvalue weighted by molar-refractivity contribution is 0.895. The lowest BCUT2D eigenvalue weighted by atomic mass is 10.2. The van der Waals surface area contributed by atoms with Gasteiger partial charge in [0.25, 0.3) is 0 Å². The van der Waals surface area contributed by atoms with E-state index in [4.69, 9.17) is 11.6 Å². The number of para-hydroxylation sites is 1. The minimum atomic E-state index is 0.696. The number of benzene rings is 2. The molecule has 24 heavy (non-hydrogen) atoms. The van der Waals surface area contributed by atoms with E-state index in [0.717, 1.165) is 28.0 Å². The molecule has 1 N–H and O–H groups in total. The van der Waals surface area contributed by atoms with Crippen LogP contribution >= 0.6 is 11.6 Å². The van der Waals surface area contributed by atoms with Crippen LogP contribution in [0.25, 0.3) is 16.7 Å². The molecule has 6 heteroatoms. The zero-order chi connectivity index (χ0) is 16.5. The molecular weight excluding hydrogens is 322 g/mol. The van der Waals surface area contributed by atoms with Gasteiger partial charge in [0.15, 0.2) is 5.65 Å². The molecule has 0 fully saturated rings. The normalized spacial score (nSPS) is 10.9. The van der Waals surface area contributed by atoms with Gasteiger partial charge in [-0.2, -0.15) is 5.10 Å². The van der Waals surface area contributed by atoms with Crippen molar-refractivity contribution in [2.24, 2.45) is 0 Å². The topological polar surface area (TPSA) is 55.6 Å². The van der Waals surface area contributed by atoms with Gasteiger partial charge < -0.3 is 5.32 Å². The maximum atomic E-state index is 6.19. The number of nitrogens with zero attached hydrogens (tertiary/aromatic N) is 4. The van der Waals surface area contributed by atoms with E-state index in [0.29, 0.717) is 10.8 Å². The van der Waals surface area contributed by atoms with Gasteiger partial charge in [0.1, 0.15) is 12.1 Å². The van der Waals surface area contributed by atoms with E-state index in [9.17, 15) is 0 Å². The summed E-state index contributed by atoms with van der Waals surface area (Å²) >= 11 is 6.19. The number of anilines is 2. The van der Waals surface area contributed by atoms with Gasteiger partial charge in [-0.3, -0.25) is 0 Å². The highest BCUT2D eigenvalue weighted by atomic mass is 35.5. The van der Waals surface area contributed by atoms with Crippen molar-refractivity contribution in [2.45, 2.75) is 6.92 Å². The molecule has 4 aromatic rings. The van der Waals surface area contributed by atoms with E-state index in [2.05, 4.69) is 20.4 Å². The predicted molar refractivity (Wildman–Crippen MR) is 96.1 cm³/mol. The third-order valence-corrected chi connectivity index (χ3v) is 4.21. The third-order valence-electron chi connectivity index (χ3n) is 3.80. The Kier molecular flexibility index (Phi) is 3.63. The summed E-state index contributed by atoms with van der Waals surface area (Å²) in [6, 6.07) is 15.7. The van der Waals surface area contributed by atoms with Crippen LogP contribution in [0.3, 0.4) is 0 Å². The molecule has 0 saturated heterocycles. The Morgan fingerprint density at radius 2 is 1.88 bits per heavy atom. The highest BCUT2D eigenvalue weighted by Gasteiger charge is 2.11. The molecule has 0 aliphatic heterocycles. The second kappa shape index (κ2) is 5.94. The van der Waals surface area contributed by atoms with Crippen LogP contribution in [0.2, 0.25) is 5.02 Å². The van der Waals surface area contributed by atoms with Gasteiger partial charge in [-0.15, -0.1) is 0 Å². The lowest BCUT2D eigenvalue weighted by Gasteiger charge is -2.08. The minimum absolute atomic E-state index is 0.696. The summed E-state index contributed by atoms with van der Waals surface area (Å²) in [5.41, 5.74) is 3.61. The van der Waals surface area contributed by atoms with E-state index in [-0.39, 0.29) is 0 Å². The Morgan fingerprint density at radius 3 is 2.67 bits per heavy atom. The van der Waals surface area contributed by atoms with E-state index >= 15 is 0 Å². The van der Waals surface area contributed by atoms with Gasteiger partial charge in [0.2, 0.25) is 0 Å². The third kappa shape index (κ3) is 2.59. The fourth-order valence-electron chi connectivity index (χ4n) is 2.51. The predicted octanol–water partition coefficient (Wildman–Crippen LogP) is 4.52. The van der Waals surface area contributed by atoms with Crippen molar-refractivity contribution >= 4 is 34.1 Å². The van der Waals surface area contributed by atoms with Crippen molar-refractivity contribution in [1.29, 1.82) is 0 Å². The van der Waals surface area contributed by atoms with Crippen molar-refractivity contribution < 1.29 is 0 Å². The average Bonchev–Trinajstić information content (AvgIpc) is 3.04. The van der Waals surface area contributed by atoms with Gasteiger partial charge in [0, 0.05) is 10.7 Å². The Labute approximate surface area is 143 Å². The average molecular weight is 336 g/mol. The zero-order valence-electron chi connectivity index (χ0n) is 12.9. The van der Waals surface area contributed by atoms with Crippen molar-refractivity contribution in [3.63, 3.8) is 0 Å². The Morgan fingerprint density at radius 1 is 1.04 bits per heavy atom. The first-order chi connectivity index (χ1) is 11.7. The van der Waals surface area contributed by atoms with E-state index in [1.165, 1.54) is 6.33 Å². The minimum Gasteiger partial charge on any atom is -0.339 e. The molecule has 0 unspecified atom stereocenters. The fraction of sp³-hybridized carbons (Fsp3) is 0.0556. The van der Waals surface area contributed by atoms with Crippen LogP contribution in [0.1, 0.15) is 5.56 Å². The molecule has 2 heterocycles. The van der Waals surface area contributed by atoms with Gasteiger partial charge in [0.05, 0.1) is 17.3 Å². The number of hydrogen-bond donors (Lipinski definition) is 1. The van der Waals surface area contributed by atoms with Crippen LogP contribution in [0.4, 0.5) is 11.5 Å². The Balaban J connectivity index is 1.77. The molecule has 0 saturated carbocycles. The largest absolute Gasteiger partial charge is 0.339 e. The smallest absolute Gasteiger partial charge is 0.168 e. The molecule has 0 bridgehead atoms. The number of halogens is 1. The molecule has 118 valence electrons. The maximum Gasteiger partial charge on any atom is 0.168 e. The molecule has 4 rings (SSSR count). The van der Waals surface area contributed by atoms with Crippen molar-refractivity contribution in [1.82, 2.24) is 19.7 Å². The van der Waals surface area contributed by atoms with Crippen LogP contribution < -0.4 is 5.32 Å². The summed E-state index contributed by atoms with van der Waals surface area (Å²) in [6.45, 7) is 1.97. The molecule has 2 aromatic heterocycles. The Hall–Kier alpha value is -2.92. The van der Waals surface area contributed by atoms with Crippen molar-refractivity contribution in [3.05, 3.63) is 71.6 Å². The van der Waals surface area contributed by atoms with E-state index in [1.54, 1.807) is 10.9 Å². The summed E-state index contributed by atoms with van der Waals surface area (Å²) < 4.78 is 1.80. The lowest BCUT2D eigenvalue weighted by Crippen LogP contribution is -1.99. The van der Waals surface area contributed by atoms with Crippen molar-refractivity contribution in [3.8, 4) is 5.69 Å². The standard InChI is InChI=1S/C18H14ClN5/c1-12-7-8-13(9-16(12)19)23-17-15-10-22-24(18(15)21-11-20-17)14-5-3-2-4-6-14/h2-11H,1H3,(H,20,21,23). The van der Waals surface area contributed by atoms with E-state index < -0.39 is 0 Å². The molecule has 5 nitrogen and oxygen atoms in total. The molecule has 0 amide bonds. The highest BCUT2D eigenvalue weighted by molar-refractivity contribution is 6.31. The first-order valence-corrected chi connectivity index (χ1v) is 7.87. The van der Waals surface area contributed by atoms with Gasteiger partial charge in [-0.25, -0.2) is 14.6 Å². The summed E-state index contributed by atoms with van der Waals surface area (Å²) in [4.78, 5) is 8.72. The molecule has 0 spiro atoms. The van der Waals surface area contributed by atoms with Crippen LogP contribution in [0.5, 0.6) is 0 Å². The first kappa shape index (κ1) is 14.7. The van der Waals surface area contributed by atoms with Gasteiger partial charge in [-0.05, 0) is 36.8 Å². The van der Waals surface area contributed by atoms with Crippen LogP contribution in [0.15, 0.2) is 61.1 Å². The highest BCUT2D eigenvalue weighted by Crippen LogP contribution is 2.26. The fourth-order valence-corrected chi connectivity index (χ4v) is 2.69. The second-order valence-corrected chi connectivity index (χ2v) is 5.85. The number of nitrogens with one attached hydrogen (secondary N) is 1. The first-order valence-electron chi connectivity index (χ1n) is 7.50. The molecule has 0 atom stereocenters. The number of hydrogen-bond acceptors (Lipinski definition) is 4. The zero-order valence-corrected chi connectivity index (χ0v) is 13.7. The maximum absolute atomic E-state index is 6.19. The Bertz CT molecular complexity index is 1010. The summed E-state index contributed by atoms with van der Waals surface area (Å²) in [6.07, 6.45) is 3.29. The summed E-state index contributed by atoms with van der Waals surface area (Å²) in [5.74, 6) is 0.696. The SMILES string of the molecule is Cc1ccc(Nc2ncnc3c2cnn3-c2ccccc2)cc1Cl. The molecule has 0 aliphatic rings. The monoisotopic (exact) mass is 335 g/mol. The van der Waals surface area contributed by atoms with Gasteiger partial charge >= 0.3 is 0 Å². The number of aryl methyl sites for hydroxylation is 1.